The Morgan fingerprint density at radius 1 is 1.00 bits per heavy atom. The second kappa shape index (κ2) is 9.35. The number of rotatable bonds is 8. The van der Waals surface area contributed by atoms with Gasteiger partial charge in [0.2, 0.25) is 5.91 Å². The molecule has 8 heteroatoms. The summed E-state index contributed by atoms with van der Waals surface area (Å²) in [7, 11) is 0. The van der Waals surface area contributed by atoms with Crippen molar-refractivity contribution in [2.45, 2.75) is 32.0 Å². The van der Waals surface area contributed by atoms with Gasteiger partial charge in [0.25, 0.3) is 0 Å². The number of para-hydroxylation sites is 4. The Labute approximate surface area is 194 Å². The fraction of sp³-hybridized carbons (Fsp3) is 0.192. The summed E-state index contributed by atoms with van der Waals surface area (Å²) in [5, 5.41) is 3.07. The zero-order valence-electron chi connectivity index (χ0n) is 18.4. The number of oxazole rings is 1. The minimum atomic E-state index is -0.433. The molecule has 0 radical (unpaired) electrons. The fourth-order valence-corrected chi connectivity index (χ4v) is 4.17. The molecule has 1 amide bonds. The summed E-state index contributed by atoms with van der Waals surface area (Å²) >= 11 is 0. The van der Waals surface area contributed by atoms with E-state index in [1.54, 1.807) is 24.5 Å². The van der Waals surface area contributed by atoms with Crippen LogP contribution in [0, 0.1) is 5.82 Å². The average molecular weight is 458 g/mol. The Kier molecular flexibility index (Phi) is 5.95. The first-order valence-corrected chi connectivity index (χ1v) is 11.1. The Balaban J connectivity index is 1.29. The summed E-state index contributed by atoms with van der Waals surface area (Å²) in [5.41, 5.74) is 3.86. The number of halogens is 1. The van der Waals surface area contributed by atoms with Crippen LogP contribution in [0.2, 0.25) is 0 Å². The van der Waals surface area contributed by atoms with Gasteiger partial charge < -0.3 is 14.3 Å². The van der Waals surface area contributed by atoms with Crippen LogP contribution in [0.15, 0.2) is 88.3 Å². The molecule has 7 nitrogen and oxygen atoms in total. The van der Waals surface area contributed by atoms with E-state index in [1.807, 2.05) is 47.0 Å². The lowest BCUT2D eigenvalue weighted by Crippen LogP contribution is -2.31. The minimum absolute atomic E-state index is 0.153. The molecule has 0 aliphatic carbocycles. The molecule has 5 aromatic rings. The second-order valence-corrected chi connectivity index (χ2v) is 8.15. The van der Waals surface area contributed by atoms with Crippen molar-refractivity contribution >= 4 is 28.0 Å². The van der Waals surface area contributed by atoms with Crippen LogP contribution in [0.4, 0.5) is 4.39 Å². The zero-order valence-corrected chi connectivity index (χ0v) is 18.4. The highest BCUT2D eigenvalue weighted by Crippen LogP contribution is 2.20. The van der Waals surface area contributed by atoms with Crippen LogP contribution in [0.5, 0.6) is 0 Å². The van der Waals surface area contributed by atoms with Crippen molar-refractivity contribution in [2.24, 2.45) is 0 Å². The molecule has 1 atom stereocenters. The van der Waals surface area contributed by atoms with Crippen LogP contribution in [-0.2, 0) is 17.9 Å². The van der Waals surface area contributed by atoms with Gasteiger partial charge in [0.05, 0.1) is 28.9 Å². The summed E-state index contributed by atoms with van der Waals surface area (Å²) in [6.07, 6.45) is 2.44. The standard InChI is InChI=1S/C26H23FN4O3/c27-19-13-11-18(12-14-19)21(16-30-17-28-20-6-1-2-7-22(20)30)29-25(32)10-5-15-31-23-8-3-4-9-24(23)34-26(31)33/h1-4,6-9,11-14,17,21H,5,10,15-16H2,(H,29,32). The normalized spacial score (nSPS) is 12.3. The monoisotopic (exact) mass is 458 g/mol. The highest BCUT2D eigenvalue weighted by atomic mass is 19.1. The quantitative estimate of drug-likeness (QED) is 0.373. The van der Waals surface area contributed by atoms with Crippen molar-refractivity contribution in [3.8, 4) is 0 Å². The Bertz CT molecular complexity index is 1500. The summed E-state index contributed by atoms with van der Waals surface area (Å²) in [4.78, 5) is 29.4. The molecule has 0 saturated carbocycles. The van der Waals surface area contributed by atoms with Crippen LogP contribution in [0.25, 0.3) is 22.1 Å². The second-order valence-electron chi connectivity index (χ2n) is 8.15. The lowest BCUT2D eigenvalue weighted by Gasteiger charge is -2.20. The first-order valence-electron chi connectivity index (χ1n) is 11.1. The van der Waals surface area contributed by atoms with Gasteiger partial charge in [-0.3, -0.25) is 9.36 Å². The molecule has 0 fully saturated rings. The smallest absolute Gasteiger partial charge is 0.408 e. The molecule has 1 N–H and O–H groups in total. The molecule has 2 heterocycles. The van der Waals surface area contributed by atoms with E-state index in [0.29, 0.717) is 30.6 Å². The van der Waals surface area contributed by atoms with Crippen LogP contribution in [-0.4, -0.2) is 20.0 Å². The number of hydrogen-bond acceptors (Lipinski definition) is 4. The molecule has 0 bridgehead atoms. The molecule has 172 valence electrons. The Morgan fingerprint density at radius 2 is 1.74 bits per heavy atom. The molecule has 1 unspecified atom stereocenters. The third-order valence-corrected chi connectivity index (χ3v) is 5.87. The fourth-order valence-electron chi connectivity index (χ4n) is 4.17. The maximum atomic E-state index is 13.5. The highest BCUT2D eigenvalue weighted by molar-refractivity contribution is 5.77. The van der Waals surface area contributed by atoms with E-state index in [-0.39, 0.29) is 24.2 Å². The number of nitrogens with one attached hydrogen (secondary N) is 1. The van der Waals surface area contributed by atoms with Crippen molar-refractivity contribution < 1.29 is 13.6 Å². The number of nitrogens with zero attached hydrogens (tertiary/aromatic N) is 3. The van der Waals surface area contributed by atoms with Crippen molar-refractivity contribution in [1.82, 2.24) is 19.4 Å². The molecule has 0 aliphatic rings. The van der Waals surface area contributed by atoms with E-state index in [0.717, 1.165) is 16.6 Å². The van der Waals surface area contributed by atoms with Gasteiger partial charge in [0.15, 0.2) is 5.58 Å². The number of imidazole rings is 1. The van der Waals surface area contributed by atoms with Gasteiger partial charge in [-0.1, -0.05) is 36.4 Å². The van der Waals surface area contributed by atoms with E-state index in [1.165, 1.54) is 16.7 Å². The molecule has 0 saturated heterocycles. The molecular weight excluding hydrogens is 435 g/mol. The molecule has 34 heavy (non-hydrogen) atoms. The summed E-state index contributed by atoms with van der Waals surface area (Å²) in [6, 6.07) is 20.7. The maximum absolute atomic E-state index is 13.5. The van der Waals surface area contributed by atoms with Crippen LogP contribution >= 0.6 is 0 Å². The van der Waals surface area contributed by atoms with Gasteiger partial charge in [-0.15, -0.1) is 0 Å². The SMILES string of the molecule is O=C(CCCn1c(=O)oc2ccccc21)NC(Cn1cnc2ccccc21)c1ccc(F)cc1. The Hall–Kier alpha value is -4.20. The number of aromatic nitrogens is 3. The van der Waals surface area contributed by atoms with E-state index in [4.69, 9.17) is 4.42 Å². The summed E-state index contributed by atoms with van der Waals surface area (Å²) in [5.74, 6) is -0.919. The number of carbonyl (C=O) groups is 1. The third kappa shape index (κ3) is 4.47. The largest absolute Gasteiger partial charge is 0.419 e. The topological polar surface area (TPSA) is 82.1 Å². The lowest BCUT2D eigenvalue weighted by atomic mass is 10.1. The van der Waals surface area contributed by atoms with Gasteiger partial charge in [0, 0.05) is 19.5 Å². The minimum Gasteiger partial charge on any atom is -0.408 e. The predicted molar refractivity (Wildman–Crippen MR) is 127 cm³/mol. The number of carbonyl (C=O) groups excluding carboxylic acids is 1. The highest BCUT2D eigenvalue weighted by Gasteiger charge is 2.17. The first kappa shape index (κ1) is 21.6. The maximum Gasteiger partial charge on any atom is 0.419 e. The van der Waals surface area contributed by atoms with Crippen LogP contribution in [0.3, 0.4) is 0 Å². The Morgan fingerprint density at radius 3 is 2.56 bits per heavy atom. The molecular formula is C26H23FN4O3. The van der Waals surface area contributed by atoms with Crippen LogP contribution in [0.1, 0.15) is 24.4 Å². The number of aryl methyl sites for hydroxylation is 1. The molecule has 3 aromatic carbocycles. The molecule has 2 aromatic heterocycles. The van der Waals surface area contributed by atoms with E-state index in [2.05, 4.69) is 10.3 Å². The van der Waals surface area contributed by atoms with Crippen molar-refractivity contribution in [3.63, 3.8) is 0 Å². The van der Waals surface area contributed by atoms with Crippen molar-refractivity contribution in [1.29, 1.82) is 0 Å². The van der Waals surface area contributed by atoms with Crippen LogP contribution < -0.4 is 11.1 Å². The lowest BCUT2D eigenvalue weighted by molar-refractivity contribution is -0.122. The van der Waals surface area contributed by atoms with Gasteiger partial charge in [-0.2, -0.15) is 0 Å². The number of fused-ring (bicyclic) bond motifs is 2. The molecule has 0 aliphatic heterocycles. The third-order valence-electron chi connectivity index (χ3n) is 5.87. The van der Waals surface area contributed by atoms with Gasteiger partial charge in [-0.25, -0.2) is 14.2 Å². The first-order chi connectivity index (χ1) is 16.6. The molecule has 5 rings (SSSR count). The van der Waals surface area contributed by atoms with Crippen molar-refractivity contribution in [3.05, 3.63) is 101 Å². The van der Waals surface area contributed by atoms with E-state index < -0.39 is 5.76 Å². The van der Waals surface area contributed by atoms with Gasteiger partial charge in [0.1, 0.15) is 5.82 Å². The molecule has 0 spiro atoms. The predicted octanol–water partition coefficient (Wildman–Crippen LogP) is 4.42. The van der Waals surface area contributed by atoms with E-state index >= 15 is 0 Å². The zero-order chi connectivity index (χ0) is 23.5. The number of benzene rings is 3. The number of amides is 1. The van der Waals surface area contributed by atoms with Gasteiger partial charge in [-0.05, 0) is 48.4 Å². The van der Waals surface area contributed by atoms with Gasteiger partial charge >= 0.3 is 5.76 Å². The van der Waals surface area contributed by atoms with E-state index in [9.17, 15) is 14.0 Å². The van der Waals surface area contributed by atoms with Crippen molar-refractivity contribution in [2.75, 3.05) is 0 Å². The summed E-state index contributed by atoms with van der Waals surface area (Å²) in [6.45, 7) is 0.820. The average Bonchev–Trinajstić information content (AvgIpc) is 3.39. The summed E-state index contributed by atoms with van der Waals surface area (Å²) < 4.78 is 22.3. The number of hydrogen-bond donors (Lipinski definition) is 1.